The number of hydrogen-bond donors (Lipinski definition) is 0. The third kappa shape index (κ3) is 7.20. The quantitative estimate of drug-likeness (QED) is 0.535. The molecule has 0 aliphatic rings. The zero-order chi connectivity index (χ0) is 16.4. The molecule has 6 heteroatoms. The fourth-order valence-electron chi connectivity index (χ4n) is 1.51. The summed E-state index contributed by atoms with van der Waals surface area (Å²) in [5.74, 6) is -1.10. The van der Waals surface area contributed by atoms with Crippen molar-refractivity contribution in [3.05, 3.63) is 33.7 Å². The Labute approximate surface area is 138 Å². The zero-order valence-corrected chi connectivity index (χ0v) is 15.1. The number of benzene rings is 1. The summed E-state index contributed by atoms with van der Waals surface area (Å²) < 4.78 is 24.4. The van der Waals surface area contributed by atoms with Crippen LogP contribution in [0, 0.1) is 9.39 Å². The molecule has 0 aromatic heterocycles. The van der Waals surface area contributed by atoms with E-state index in [1.54, 1.807) is 0 Å². The second-order valence-corrected chi connectivity index (χ2v) is 8.13. The predicted octanol–water partition coefficient (Wildman–Crippen LogP) is 4.80. The van der Waals surface area contributed by atoms with Crippen molar-refractivity contribution in [2.75, 3.05) is 0 Å². The van der Waals surface area contributed by atoms with Gasteiger partial charge in [-0.25, -0.2) is 0 Å². The first-order valence-electron chi connectivity index (χ1n) is 7.45. The van der Waals surface area contributed by atoms with Gasteiger partial charge in [-0.15, -0.1) is 0 Å². The maximum atomic E-state index is 13.0. The molecule has 0 fully saturated rings. The second-order valence-electron chi connectivity index (χ2n) is 4.76. The average Bonchev–Trinajstić information content (AvgIpc) is 2.51. The first-order valence-corrected chi connectivity index (χ1v) is 10.3. The molecule has 0 saturated carbocycles. The van der Waals surface area contributed by atoms with E-state index in [0.717, 1.165) is 25.7 Å². The third-order valence-corrected chi connectivity index (χ3v) is 6.28. The molecule has 0 bridgehead atoms. The Bertz CT molecular complexity index is 454. The van der Waals surface area contributed by atoms with Crippen LogP contribution in [0.5, 0.6) is 0 Å². The first-order chi connectivity index (χ1) is 10.6. The molecular formula is C16H22FIO4. The van der Waals surface area contributed by atoms with E-state index in [1.165, 1.54) is 24.3 Å². The minimum absolute atomic E-state index is 0.304. The Hall–Kier alpha value is -1.18. The topological polar surface area (TPSA) is 52.6 Å². The van der Waals surface area contributed by atoms with E-state index in [0.29, 0.717) is 16.4 Å². The van der Waals surface area contributed by atoms with E-state index in [2.05, 4.69) is 0 Å². The summed E-state index contributed by atoms with van der Waals surface area (Å²) in [4.78, 5) is 23.6. The van der Waals surface area contributed by atoms with E-state index in [4.69, 9.17) is 6.13 Å². The van der Waals surface area contributed by atoms with Gasteiger partial charge in [-0.3, -0.25) is 0 Å². The molecule has 0 radical (unpaired) electrons. The average molecular weight is 424 g/mol. The van der Waals surface area contributed by atoms with E-state index >= 15 is 0 Å². The Kier molecular flexibility index (Phi) is 9.03. The Morgan fingerprint density at radius 1 is 0.955 bits per heavy atom. The number of rotatable bonds is 9. The molecule has 1 rings (SSSR count). The van der Waals surface area contributed by atoms with Gasteiger partial charge in [-0.05, 0) is 0 Å². The number of halogens is 2. The van der Waals surface area contributed by atoms with Gasteiger partial charge in [0.25, 0.3) is 0 Å². The summed E-state index contributed by atoms with van der Waals surface area (Å²) in [6.07, 6.45) is 3.84. The Balaban J connectivity index is 2.73. The van der Waals surface area contributed by atoms with Crippen LogP contribution in [0.3, 0.4) is 0 Å². The molecule has 0 amide bonds. The van der Waals surface area contributed by atoms with E-state index < -0.39 is 20.6 Å². The van der Waals surface area contributed by atoms with Crippen molar-refractivity contribution in [2.24, 2.45) is 0 Å². The molecule has 1 aromatic rings. The van der Waals surface area contributed by atoms with E-state index in [1.807, 2.05) is 13.8 Å². The van der Waals surface area contributed by atoms with Crippen LogP contribution in [-0.4, -0.2) is 11.9 Å². The molecule has 0 spiro atoms. The van der Waals surface area contributed by atoms with Crippen LogP contribution in [0.1, 0.15) is 52.4 Å². The van der Waals surface area contributed by atoms with Gasteiger partial charge in [0.1, 0.15) is 0 Å². The molecule has 0 aliphatic carbocycles. The maximum absolute atomic E-state index is 13.0. The summed E-state index contributed by atoms with van der Waals surface area (Å²) in [6, 6.07) is 5.58. The van der Waals surface area contributed by atoms with Crippen molar-refractivity contribution in [3.63, 3.8) is 0 Å². The monoisotopic (exact) mass is 424 g/mol. The molecule has 22 heavy (non-hydrogen) atoms. The molecule has 0 N–H and O–H groups in total. The number of carbonyl (C=O) groups is 2. The molecule has 124 valence electrons. The number of carbonyl (C=O) groups excluding carboxylic acids is 2. The molecule has 0 heterocycles. The fourth-order valence-corrected chi connectivity index (χ4v) is 4.39. The predicted molar refractivity (Wildman–Crippen MR) is 90.4 cm³/mol. The van der Waals surface area contributed by atoms with E-state index in [-0.39, 0.29) is 17.8 Å². The van der Waals surface area contributed by atoms with Gasteiger partial charge in [0.2, 0.25) is 0 Å². The summed E-state index contributed by atoms with van der Waals surface area (Å²) in [7, 11) is 0. The fraction of sp³-hybridized carbons (Fsp3) is 0.500. The van der Waals surface area contributed by atoms with Gasteiger partial charge < -0.3 is 0 Å². The van der Waals surface area contributed by atoms with Crippen LogP contribution in [0.2, 0.25) is 0 Å². The van der Waals surface area contributed by atoms with Crippen molar-refractivity contribution < 1.29 is 20.1 Å². The van der Waals surface area contributed by atoms with Crippen molar-refractivity contribution >= 4 is 32.6 Å². The number of unbranched alkanes of at least 4 members (excludes halogenated alkanes) is 2. The van der Waals surface area contributed by atoms with Crippen molar-refractivity contribution in [1.82, 2.24) is 0 Å². The van der Waals surface area contributed by atoms with Gasteiger partial charge in [0.15, 0.2) is 0 Å². The normalized spacial score (nSPS) is 11.0. The van der Waals surface area contributed by atoms with Crippen molar-refractivity contribution in [1.29, 1.82) is 0 Å². The second kappa shape index (κ2) is 10.5. The van der Waals surface area contributed by atoms with Crippen LogP contribution in [0.25, 0.3) is 0 Å². The van der Waals surface area contributed by atoms with Gasteiger partial charge in [0, 0.05) is 0 Å². The van der Waals surface area contributed by atoms with Crippen LogP contribution in [0.15, 0.2) is 24.3 Å². The molecular weight excluding hydrogens is 402 g/mol. The van der Waals surface area contributed by atoms with Gasteiger partial charge >= 0.3 is 139 Å². The number of hydrogen-bond acceptors (Lipinski definition) is 4. The summed E-state index contributed by atoms with van der Waals surface area (Å²) in [5, 5.41) is 0. The molecule has 1 aromatic carbocycles. The van der Waals surface area contributed by atoms with Crippen molar-refractivity contribution in [3.8, 4) is 0 Å². The summed E-state index contributed by atoms with van der Waals surface area (Å²) in [5.41, 5.74) is 0. The van der Waals surface area contributed by atoms with Crippen LogP contribution < -0.4 is 0 Å². The van der Waals surface area contributed by atoms with Gasteiger partial charge in [0.05, 0.1) is 0 Å². The molecule has 0 saturated heterocycles. The van der Waals surface area contributed by atoms with Gasteiger partial charge in [-0.1, -0.05) is 0 Å². The molecule has 4 nitrogen and oxygen atoms in total. The molecule has 0 aliphatic heterocycles. The van der Waals surface area contributed by atoms with Crippen LogP contribution >= 0.6 is 20.6 Å². The molecule has 0 unspecified atom stereocenters. The first kappa shape index (κ1) is 18.9. The Morgan fingerprint density at radius 3 is 1.82 bits per heavy atom. The van der Waals surface area contributed by atoms with Crippen LogP contribution in [0.4, 0.5) is 4.39 Å². The van der Waals surface area contributed by atoms with E-state index in [9.17, 15) is 14.0 Å². The van der Waals surface area contributed by atoms with Crippen LogP contribution in [-0.2, 0) is 15.7 Å². The van der Waals surface area contributed by atoms with Gasteiger partial charge in [-0.2, -0.15) is 0 Å². The Morgan fingerprint density at radius 2 is 1.41 bits per heavy atom. The standard InChI is InChI=1S/C16H22FIO4/c1-3-5-7-15(19)21-18(22-16(20)8-6-4-2)14-11-9-13(17)10-12-14/h9-12H,3-8H2,1-2H3. The third-order valence-electron chi connectivity index (χ3n) is 2.76. The van der Waals surface area contributed by atoms with Crippen molar-refractivity contribution in [2.45, 2.75) is 52.4 Å². The minimum atomic E-state index is -2.88. The zero-order valence-electron chi connectivity index (χ0n) is 12.9. The summed E-state index contributed by atoms with van der Waals surface area (Å²) >= 11 is -2.88. The SMILES string of the molecule is CCCCC(=O)OI(OC(=O)CCCC)c1ccc(F)cc1. The summed E-state index contributed by atoms with van der Waals surface area (Å²) in [6.45, 7) is 3.96. The molecule has 0 atom stereocenters.